The maximum Gasteiger partial charge on any atom is 0.191 e. The van der Waals surface area contributed by atoms with Gasteiger partial charge in [-0.3, -0.25) is 4.99 Å². The minimum Gasteiger partial charge on any atom is -0.356 e. The van der Waals surface area contributed by atoms with Crippen LogP contribution in [0, 0.1) is 5.92 Å². The summed E-state index contributed by atoms with van der Waals surface area (Å²) >= 11 is 5.64. The maximum absolute atomic E-state index is 5.64. The molecule has 88 valence electrons. The van der Waals surface area contributed by atoms with Gasteiger partial charge in [-0.15, -0.1) is 24.0 Å². The van der Waals surface area contributed by atoms with Gasteiger partial charge in [0.15, 0.2) is 5.96 Å². The lowest BCUT2D eigenvalue weighted by Crippen LogP contribution is -2.41. The Morgan fingerprint density at radius 1 is 1.47 bits per heavy atom. The van der Waals surface area contributed by atoms with E-state index < -0.39 is 0 Å². The molecule has 0 aromatic carbocycles. The lowest BCUT2D eigenvalue weighted by atomic mass is 9.85. The van der Waals surface area contributed by atoms with Gasteiger partial charge in [0, 0.05) is 18.6 Å². The SMILES string of the molecule is C=C(Cl)CNC(=NC)NCC1CCC1.I. The van der Waals surface area contributed by atoms with Gasteiger partial charge in [0.05, 0.1) is 6.54 Å². The minimum absolute atomic E-state index is 0. The molecule has 0 atom stereocenters. The monoisotopic (exact) mass is 343 g/mol. The third-order valence-electron chi connectivity index (χ3n) is 2.45. The third-order valence-corrected chi connectivity index (χ3v) is 2.59. The van der Waals surface area contributed by atoms with Crippen molar-refractivity contribution in [2.75, 3.05) is 20.1 Å². The maximum atomic E-state index is 5.64. The Hall–Kier alpha value is 0.0300. The first-order chi connectivity index (χ1) is 6.72. The Bertz CT molecular complexity index is 227. The molecular weight excluding hydrogens is 324 g/mol. The Morgan fingerprint density at radius 2 is 2.13 bits per heavy atom. The van der Waals surface area contributed by atoms with Crippen LogP contribution in [-0.4, -0.2) is 26.1 Å². The number of hydrogen-bond acceptors (Lipinski definition) is 1. The molecule has 0 bridgehead atoms. The summed E-state index contributed by atoms with van der Waals surface area (Å²) < 4.78 is 0. The Labute approximate surface area is 114 Å². The van der Waals surface area contributed by atoms with E-state index in [0.29, 0.717) is 11.6 Å². The lowest BCUT2D eigenvalue weighted by Gasteiger charge is -2.26. The average molecular weight is 344 g/mol. The standard InChI is InChI=1S/C10H18ClN3.HI/c1-8(11)6-13-10(12-2)14-7-9-4-3-5-9;/h9H,1,3-7H2,2H3,(H2,12,13,14);1H. The fourth-order valence-electron chi connectivity index (χ4n) is 1.34. The molecule has 3 nitrogen and oxygen atoms in total. The fraction of sp³-hybridized carbons (Fsp3) is 0.700. The molecule has 5 heteroatoms. The van der Waals surface area contributed by atoms with Crippen molar-refractivity contribution in [3.05, 3.63) is 11.6 Å². The van der Waals surface area contributed by atoms with Crippen LogP contribution >= 0.6 is 35.6 Å². The van der Waals surface area contributed by atoms with Gasteiger partial charge < -0.3 is 10.6 Å². The van der Waals surface area contributed by atoms with Crippen LogP contribution < -0.4 is 10.6 Å². The van der Waals surface area contributed by atoms with Gasteiger partial charge in [-0.1, -0.05) is 24.6 Å². The molecule has 0 aromatic heterocycles. The summed E-state index contributed by atoms with van der Waals surface area (Å²) in [7, 11) is 1.76. The number of nitrogens with zero attached hydrogens (tertiary/aromatic N) is 1. The highest BCUT2D eigenvalue weighted by Gasteiger charge is 2.17. The van der Waals surface area contributed by atoms with E-state index >= 15 is 0 Å². The molecule has 0 amide bonds. The van der Waals surface area contributed by atoms with Crippen LogP contribution in [0.2, 0.25) is 0 Å². The number of halogens is 2. The van der Waals surface area contributed by atoms with Crippen LogP contribution in [0.5, 0.6) is 0 Å². The second kappa shape index (κ2) is 8.21. The second-order valence-electron chi connectivity index (χ2n) is 3.62. The second-order valence-corrected chi connectivity index (χ2v) is 4.16. The molecule has 2 N–H and O–H groups in total. The Balaban J connectivity index is 0.00000196. The lowest BCUT2D eigenvalue weighted by molar-refractivity contribution is 0.315. The molecular formula is C10H19ClIN3. The highest BCUT2D eigenvalue weighted by Crippen LogP contribution is 2.24. The molecule has 0 aromatic rings. The molecule has 1 aliphatic carbocycles. The van der Waals surface area contributed by atoms with Crippen molar-refractivity contribution in [3.63, 3.8) is 0 Å². The Kier molecular flexibility index (Phi) is 8.23. The minimum atomic E-state index is 0. The predicted molar refractivity (Wildman–Crippen MR) is 77.1 cm³/mol. The quantitative estimate of drug-likeness (QED) is 0.467. The first kappa shape index (κ1) is 15.0. The number of rotatable bonds is 4. The highest BCUT2D eigenvalue weighted by molar-refractivity contribution is 14.0. The van der Waals surface area contributed by atoms with Gasteiger partial charge in [-0.05, 0) is 18.8 Å². The zero-order valence-electron chi connectivity index (χ0n) is 9.05. The molecule has 1 fully saturated rings. The van der Waals surface area contributed by atoms with Crippen LogP contribution in [0.15, 0.2) is 16.6 Å². The van der Waals surface area contributed by atoms with E-state index in [1.54, 1.807) is 7.05 Å². The normalized spacial score (nSPS) is 16.3. The molecule has 0 heterocycles. The first-order valence-corrected chi connectivity index (χ1v) is 5.38. The number of hydrogen-bond donors (Lipinski definition) is 2. The van der Waals surface area contributed by atoms with Crippen molar-refractivity contribution < 1.29 is 0 Å². The molecule has 0 unspecified atom stereocenters. The van der Waals surface area contributed by atoms with Crippen LogP contribution in [0.1, 0.15) is 19.3 Å². The van der Waals surface area contributed by atoms with Crippen LogP contribution in [0.3, 0.4) is 0 Å². The molecule has 0 radical (unpaired) electrons. The molecule has 0 saturated heterocycles. The van der Waals surface area contributed by atoms with Gasteiger partial charge in [0.25, 0.3) is 0 Å². The van der Waals surface area contributed by atoms with Crippen LogP contribution in [0.25, 0.3) is 0 Å². The van der Waals surface area contributed by atoms with Gasteiger partial charge in [-0.25, -0.2) is 0 Å². The van der Waals surface area contributed by atoms with Crippen molar-refractivity contribution in [2.24, 2.45) is 10.9 Å². The van der Waals surface area contributed by atoms with Gasteiger partial charge >= 0.3 is 0 Å². The van der Waals surface area contributed by atoms with E-state index in [4.69, 9.17) is 11.6 Å². The van der Waals surface area contributed by atoms with Crippen LogP contribution in [0.4, 0.5) is 0 Å². The summed E-state index contributed by atoms with van der Waals surface area (Å²) in [5.41, 5.74) is 0. The molecule has 1 aliphatic rings. The van der Waals surface area contributed by atoms with Crippen molar-refractivity contribution >= 4 is 41.5 Å². The Morgan fingerprint density at radius 3 is 2.53 bits per heavy atom. The molecule has 1 saturated carbocycles. The number of guanidine groups is 1. The van der Waals surface area contributed by atoms with Crippen molar-refractivity contribution in [1.82, 2.24) is 10.6 Å². The van der Waals surface area contributed by atoms with Crippen molar-refractivity contribution in [2.45, 2.75) is 19.3 Å². The topological polar surface area (TPSA) is 36.4 Å². The summed E-state index contributed by atoms with van der Waals surface area (Å²) in [5.74, 6) is 1.63. The predicted octanol–water partition coefficient (Wildman–Crippen LogP) is 2.32. The smallest absolute Gasteiger partial charge is 0.191 e. The van der Waals surface area contributed by atoms with E-state index in [2.05, 4.69) is 22.2 Å². The zero-order valence-corrected chi connectivity index (χ0v) is 12.1. The molecule has 15 heavy (non-hydrogen) atoms. The first-order valence-electron chi connectivity index (χ1n) is 5.00. The summed E-state index contributed by atoms with van der Waals surface area (Å²) in [5, 5.41) is 6.94. The average Bonchev–Trinajstić information content (AvgIpc) is 2.07. The summed E-state index contributed by atoms with van der Waals surface area (Å²) in [6.07, 6.45) is 4.05. The summed E-state index contributed by atoms with van der Waals surface area (Å²) in [4.78, 5) is 4.09. The molecule has 0 spiro atoms. The third kappa shape index (κ3) is 6.25. The molecule has 0 aliphatic heterocycles. The summed E-state index contributed by atoms with van der Waals surface area (Å²) in [6.45, 7) is 5.17. The number of aliphatic imine (C=N–C) groups is 1. The van der Waals surface area contributed by atoms with Crippen molar-refractivity contribution in [3.8, 4) is 0 Å². The van der Waals surface area contributed by atoms with Gasteiger partial charge in [0.2, 0.25) is 0 Å². The zero-order chi connectivity index (χ0) is 10.4. The van der Waals surface area contributed by atoms with E-state index in [-0.39, 0.29) is 24.0 Å². The highest BCUT2D eigenvalue weighted by atomic mass is 127. The largest absolute Gasteiger partial charge is 0.356 e. The van der Waals surface area contributed by atoms with E-state index in [1.807, 2.05) is 0 Å². The van der Waals surface area contributed by atoms with Gasteiger partial charge in [-0.2, -0.15) is 0 Å². The van der Waals surface area contributed by atoms with Crippen LogP contribution in [-0.2, 0) is 0 Å². The van der Waals surface area contributed by atoms with Crippen molar-refractivity contribution in [1.29, 1.82) is 0 Å². The fourth-order valence-corrected chi connectivity index (χ4v) is 1.40. The van der Waals surface area contributed by atoms with E-state index in [1.165, 1.54) is 19.3 Å². The number of nitrogens with one attached hydrogen (secondary N) is 2. The van der Waals surface area contributed by atoms with E-state index in [9.17, 15) is 0 Å². The van der Waals surface area contributed by atoms with Gasteiger partial charge in [0.1, 0.15) is 0 Å². The molecule has 1 rings (SSSR count). The van der Waals surface area contributed by atoms with E-state index in [0.717, 1.165) is 18.4 Å². The summed E-state index contributed by atoms with van der Waals surface area (Å²) in [6, 6.07) is 0.